The summed E-state index contributed by atoms with van der Waals surface area (Å²) in [6.07, 6.45) is -0.422. The summed E-state index contributed by atoms with van der Waals surface area (Å²) < 4.78 is 10.4. The second-order valence-corrected chi connectivity index (χ2v) is 4.83. The molecule has 0 spiro atoms. The highest BCUT2D eigenvalue weighted by Gasteiger charge is 2.11. The minimum Gasteiger partial charge on any atom is -0.389 e. The third-order valence-corrected chi connectivity index (χ3v) is 1.89. The van der Waals surface area contributed by atoms with E-state index in [1.165, 1.54) is 0 Å². The van der Waals surface area contributed by atoms with Crippen molar-refractivity contribution in [1.29, 1.82) is 0 Å². The molecular formula is C11H25NO3. The maximum atomic E-state index is 9.47. The predicted molar refractivity (Wildman–Crippen MR) is 61.1 cm³/mol. The van der Waals surface area contributed by atoms with Gasteiger partial charge >= 0.3 is 0 Å². The van der Waals surface area contributed by atoms with Gasteiger partial charge in [0.1, 0.15) is 0 Å². The number of rotatable bonds is 7. The molecule has 0 saturated heterocycles. The van der Waals surface area contributed by atoms with E-state index < -0.39 is 6.10 Å². The summed E-state index contributed by atoms with van der Waals surface area (Å²) in [5.74, 6) is 0. The molecule has 0 aromatic rings. The summed E-state index contributed by atoms with van der Waals surface area (Å²) in [6.45, 7) is 8.59. The average molecular weight is 219 g/mol. The predicted octanol–water partition coefficient (Wildman–Crippen LogP) is 0.741. The molecule has 1 atom stereocenters. The van der Waals surface area contributed by atoms with Gasteiger partial charge < -0.3 is 19.5 Å². The summed E-state index contributed by atoms with van der Waals surface area (Å²) in [4.78, 5) is 2.04. The number of aliphatic hydroxyl groups is 1. The van der Waals surface area contributed by atoms with E-state index in [1.54, 1.807) is 7.11 Å². The Morgan fingerprint density at radius 1 is 1.33 bits per heavy atom. The van der Waals surface area contributed by atoms with Crippen molar-refractivity contribution >= 4 is 0 Å². The molecule has 0 aromatic carbocycles. The first-order valence-electron chi connectivity index (χ1n) is 5.34. The largest absolute Gasteiger partial charge is 0.389 e. The Labute approximate surface area is 93.2 Å². The Morgan fingerprint density at radius 3 is 2.40 bits per heavy atom. The van der Waals surface area contributed by atoms with Gasteiger partial charge in [-0.2, -0.15) is 0 Å². The Hall–Kier alpha value is -0.160. The second-order valence-electron chi connectivity index (χ2n) is 4.83. The van der Waals surface area contributed by atoms with Crippen molar-refractivity contribution in [3.8, 4) is 0 Å². The van der Waals surface area contributed by atoms with Gasteiger partial charge in [-0.05, 0) is 27.8 Å². The zero-order chi connectivity index (χ0) is 11.9. The standard InChI is InChI=1S/C11H25NO3/c1-11(2,3)15-7-6-12(4)8-10(13)9-14-5/h10,13H,6-9H2,1-5H3. The van der Waals surface area contributed by atoms with Crippen LogP contribution < -0.4 is 0 Å². The van der Waals surface area contributed by atoms with E-state index in [1.807, 2.05) is 32.7 Å². The molecule has 0 aliphatic rings. The van der Waals surface area contributed by atoms with E-state index >= 15 is 0 Å². The quantitative estimate of drug-likeness (QED) is 0.686. The highest BCUT2D eigenvalue weighted by Crippen LogP contribution is 2.05. The van der Waals surface area contributed by atoms with Crippen LogP contribution in [0.3, 0.4) is 0 Å². The summed E-state index contributed by atoms with van der Waals surface area (Å²) in [6, 6.07) is 0. The maximum absolute atomic E-state index is 9.47. The smallest absolute Gasteiger partial charge is 0.0899 e. The Morgan fingerprint density at radius 2 is 1.93 bits per heavy atom. The van der Waals surface area contributed by atoms with Crippen molar-refractivity contribution in [1.82, 2.24) is 4.90 Å². The molecule has 0 rings (SSSR count). The number of hydrogen-bond donors (Lipinski definition) is 1. The Balaban J connectivity index is 3.53. The molecule has 0 aromatic heterocycles. The van der Waals surface area contributed by atoms with E-state index in [0.29, 0.717) is 19.8 Å². The molecule has 92 valence electrons. The number of ether oxygens (including phenoxy) is 2. The summed E-state index contributed by atoms with van der Waals surface area (Å²) in [5, 5.41) is 9.47. The van der Waals surface area contributed by atoms with Gasteiger partial charge in [0.05, 0.1) is 24.9 Å². The summed E-state index contributed by atoms with van der Waals surface area (Å²) in [5.41, 5.74) is -0.0913. The van der Waals surface area contributed by atoms with Gasteiger partial charge in [0.15, 0.2) is 0 Å². The van der Waals surface area contributed by atoms with Crippen LogP contribution >= 0.6 is 0 Å². The molecule has 0 bridgehead atoms. The lowest BCUT2D eigenvalue weighted by Gasteiger charge is -2.24. The first-order valence-corrected chi connectivity index (χ1v) is 5.34. The molecular weight excluding hydrogens is 194 g/mol. The van der Waals surface area contributed by atoms with Gasteiger partial charge in [0, 0.05) is 20.2 Å². The molecule has 0 fully saturated rings. The van der Waals surface area contributed by atoms with Gasteiger partial charge in [-0.1, -0.05) is 0 Å². The van der Waals surface area contributed by atoms with E-state index in [-0.39, 0.29) is 5.60 Å². The van der Waals surface area contributed by atoms with Crippen LogP contribution in [0.2, 0.25) is 0 Å². The van der Waals surface area contributed by atoms with Crippen molar-refractivity contribution in [2.75, 3.05) is 40.5 Å². The number of aliphatic hydroxyl groups excluding tert-OH is 1. The summed E-state index contributed by atoms with van der Waals surface area (Å²) >= 11 is 0. The van der Waals surface area contributed by atoms with E-state index in [2.05, 4.69) is 0 Å². The Bertz CT molecular complexity index is 156. The van der Waals surface area contributed by atoms with Crippen LogP contribution in [0.15, 0.2) is 0 Å². The van der Waals surface area contributed by atoms with Crippen molar-refractivity contribution in [3.63, 3.8) is 0 Å². The third-order valence-electron chi connectivity index (χ3n) is 1.89. The van der Waals surface area contributed by atoms with Gasteiger partial charge in [0.2, 0.25) is 0 Å². The molecule has 1 N–H and O–H groups in total. The number of nitrogens with zero attached hydrogens (tertiary/aromatic N) is 1. The number of methoxy groups -OCH3 is 1. The highest BCUT2D eigenvalue weighted by atomic mass is 16.5. The minimum absolute atomic E-state index is 0.0913. The van der Waals surface area contributed by atoms with Gasteiger partial charge in [-0.25, -0.2) is 0 Å². The fraction of sp³-hybridized carbons (Fsp3) is 1.00. The van der Waals surface area contributed by atoms with Crippen molar-refractivity contribution in [2.45, 2.75) is 32.5 Å². The fourth-order valence-electron chi connectivity index (χ4n) is 1.20. The first-order chi connectivity index (χ1) is 6.85. The normalized spacial score (nSPS) is 14.6. The van der Waals surface area contributed by atoms with Gasteiger partial charge in [0.25, 0.3) is 0 Å². The van der Waals surface area contributed by atoms with Crippen LogP contribution in [0.1, 0.15) is 20.8 Å². The maximum Gasteiger partial charge on any atom is 0.0899 e. The van der Waals surface area contributed by atoms with Crippen molar-refractivity contribution < 1.29 is 14.6 Å². The molecule has 0 amide bonds. The van der Waals surface area contributed by atoms with Crippen LogP contribution in [0.4, 0.5) is 0 Å². The number of hydrogen-bond acceptors (Lipinski definition) is 4. The van der Waals surface area contributed by atoms with Crippen LogP contribution in [0.25, 0.3) is 0 Å². The van der Waals surface area contributed by atoms with Gasteiger partial charge in [-0.3, -0.25) is 0 Å². The highest BCUT2D eigenvalue weighted by molar-refractivity contribution is 4.62. The Kier molecular flexibility index (Phi) is 7.09. The van der Waals surface area contributed by atoms with E-state index in [0.717, 1.165) is 6.54 Å². The zero-order valence-corrected chi connectivity index (χ0v) is 10.6. The topological polar surface area (TPSA) is 41.9 Å². The fourth-order valence-corrected chi connectivity index (χ4v) is 1.20. The average Bonchev–Trinajstić information content (AvgIpc) is 2.01. The van der Waals surface area contributed by atoms with Crippen molar-refractivity contribution in [2.24, 2.45) is 0 Å². The molecule has 0 heterocycles. The van der Waals surface area contributed by atoms with Crippen LogP contribution in [-0.2, 0) is 9.47 Å². The number of likely N-dealkylation sites (N-methyl/N-ethyl adjacent to an activating group) is 1. The van der Waals surface area contributed by atoms with E-state index in [9.17, 15) is 5.11 Å². The minimum atomic E-state index is -0.422. The van der Waals surface area contributed by atoms with Crippen LogP contribution in [0, 0.1) is 0 Å². The molecule has 0 radical (unpaired) electrons. The molecule has 4 heteroatoms. The lowest BCUT2D eigenvalue weighted by molar-refractivity contribution is -0.0177. The third kappa shape index (κ3) is 10.1. The second kappa shape index (κ2) is 7.17. The van der Waals surface area contributed by atoms with E-state index in [4.69, 9.17) is 9.47 Å². The molecule has 1 unspecified atom stereocenters. The first kappa shape index (κ1) is 14.8. The molecule has 0 aliphatic carbocycles. The SMILES string of the molecule is COCC(O)CN(C)CCOC(C)(C)C. The monoisotopic (exact) mass is 219 g/mol. The van der Waals surface area contributed by atoms with Crippen molar-refractivity contribution in [3.05, 3.63) is 0 Å². The summed E-state index contributed by atoms with van der Waals surface area (Å²) in [7, 11) is 3.55. The molecule has 0 aliphatic heterocycles. The van der Waals surface area contributed by atoms with Crippen LogP contribution in [-0.4, -0.2) is 62.2 Å². The molecule has 4 nitrogen and oxygen atoms in total. The zero-order valence-electron chi connectivity index (χ0n) is 10.6. The van der Waals surface area contributed by atoms with Gasteiger partial charge in [-0.15, -0.1) is 0 Å². The molecule has 15 heavy (non-hydrogen) atoms. The van der Waals surface area contributed by atoms with Crippen LogP contribution in [0.5, 0.6) is 0 Å². The lowest BCUT2D eigenvalue weighted by atomic mass is 10.2. The molecule has 0 saturated carbocycles. The lowest BCUT2D eigenvalue weighted by Crippen LogP contribution is -2.35.